The normalized spacial score (nSPS) is 11.4. The highest BCUT2D eigenvalue weighted by molar-refractivity contribution is 9.11. The molecule has 0 aromatic heterocycles. The molecule has 0 aliphatic rings. The third-order valence-electron chi connectivity index (χ3n) is 9.94. The van der Waals surface area contributed by atoms with Crippen LogP contribution in [0, 0.1) is 0 Å². The van der Waals surface area contributed by atoms with E-state index in [1.807, 2.05) is 0 Å². The van der Waals surface area contributed by atoms with E-state index in [-0.39, 0.29) is 5.41 Å². The zero-order valence-corrected chi connectivity index (χ0v) is 40.7. The van der Waals surface area contributed by atoms with Crippen molar-refractivity contribution in [3.63, 3.8) is 0 Å². The van der Waals surface area contributed by atoms with Gasteiger partial charge in [0.25, 0.3) is 3.25 Å². The Kier molecular flexibility index (Phi) is 16.2. The van der Waals surface area contributed by atoms with Crippen molar-refractivity contribution < 1.29 is 0 Å². The van der Waals surface area contributed by atoms with Gasteiger partial charge in [-0.15, -0.1) is 0 Å². The van der Waals surface area contributed by atoms with Crippen LogP contribution in [-0.2, 0) is 10.8 Å². The predicted molar refractivity (Wildman–Crippen MR) is 266 cm³/mol. The summed E-state index contributed by atoms with van der Waals surface area (Å²) in [6.07, 6.45) is 0. The summed E-state index contributed by atoms with van der Waals surface area (Å²) in [6, 6.07) is 77.7. The third-order valence-corrected chi connectivity index (χ3v) is 12.1. The van der Waals surface area contributed by atoms with Crippen molar-refractivity contribution in [2.75, 3.05) is 0 Å². The monoisotopic (exact) mass is 1100 g/mol. The summed E-state index contributed by atoms with van der Waals surface area (Å²) in [5.41, 5.74) is 9.20. The van der Waals surface area contributed by atoms with Crippen molar-refractivity contribution in [3.8, 4) is 0 Å². The van der Waals surface area contributed by atoms with Gasteiger partial charge in [-0.25, -0.2) is 0 Å². The van der Waals surface area contributed by atoms with Gasteiger partial charge in [0, 0.05) is 17.9 Å². The fourth-order valence-electron chi connectivity index (χ4n) is 7.55. The lowest BCUT2D eigenvalue weighted by molar-refractivity contribution is 0.744. The molecule has 0 atom stereocenters. The number of hydrogen-bond acceptors (Lipinski definition) is 0. The first-order chi connectivity index (χ1) is 28.4. The molecule has 0 fully saturated rings. The van der Waals surface area contributed by atoms with Crippen LogP contribution < -0.4 is 0 Å². The van der Waals surface area contributed by atoms with Crippen molar-refractivity contribution in [3.05, 3.63) is 281 Å². The zero-order valence-electron chi connectivity index (χ0n) is 31.3. The molecule has 0 radical (unpaired) electrons. The average Bonchev–Trinajstić information content (AvgIpc) is 3.25. The molecule has 8 aromatic rings. The fraction of sp³-hybridized carbons (Fsp3) is 0.0588. The van der Waals surface area contributed by atoms with Gasteiger partial charge >= 0.3 is 0 Å². The van der Waals surface area contributed by atoms with Gasteiger partial charge in [-0.05, 0) is 93.0 Å². The Labute approximate surface area is 401 Å². The minimum absolute atomic E-state index is 0.328. The molecular formula is C51H36Br4Cl4. The van der Waals surface area contributed by atoms with Gasteiger partial charge in [-0.1, -0.05) is 280 Å². The van der Waals surface area contributed by atoms with Gasteiger partial charge in [0.1, 0.15) is 0 Å². The van der Waals surface area contributed by atoms with E-state index in [1.54, 1.807) is 0 Å². The number of halogens is 8. The van der Waals surface area contributed by atoms with E-state index in [1.165, 1.54) is 44.5 Å². The quantitative estimate of drug-likeness (QED) is 0.105. The van der Waals surface area contributed by atoms with E-state index in [2.05, 4.69) is 282 Å². The van der Waals surface area contributed by atoms with E-state index < -0.39 is 8.67 Å². The summed E-state index contributed by atoms with van der Waals surface area (Å²) >= 11 is 33.7. The molecule has 0 aliphatic carbocycles. The van der Waals surface area contributed by atoms with Crippen LogP contribution in [0.25, 0.3) is 0 Å². The molecule has 8 aromatic carbocycles. The van der Waals surface area contributed by atoms with Crippen LogP contribution in [0.15, 0.2) is 236 Å². The van der Waals surface area contributed by atoms with Gasteiger partial charge < -0.3 is 0 Å². The van der Waals surface area contributed by atoms with Crippen LogP contribution in [0.3, 0.4) is 0 Å². The number of rotatable bonds is 8. The Hall–Kier alpha value is -3.16. The summed E-state index contributed by atoms with van der Waals surface area (Å²) in [4.78, 5) is 0. The second-order valence-electron chi connectivity index (χ2n) is 13.4. The molecule has 0 spiro atoms. The molecule has 8 heteroatoms. The molecule has 0 saturated heterocycles. The van der Waals surface area contributed by atoms with Gasteiger partial charge in [-0.2, -0.15) is 0 Å². The Morgan fingerprint density at radius 2 is 0.356 bits per heavy atom. The van der Waals surface area contributed by atoms with Gasteiger partial charge in [0.15, 0.2) is 0 Å². The molecule has 0 heterocycles. The molecule has 0 saturated carbocycles. The van der Waals surface area contributed by atoms with Crippen molar-refractivity contribution in [2.45, 2.75) is 14.1 Å². The standard InChI is InChI=1S/C25H16Br4.C25H20.CCl4/c26-21-9-1-17(2-10-21)25(18-3-11-22(27)12-4-18,19-5-13-23(28)14-6-19)20-7-15-24(29)16-8-20;1-5-13-21(14-6-1)25(22-15-7-2-8-16-22,23-17-9-3-10-18-23)24-19-11-4-12-20-24;2-1(3,4)5/h1-16H;1-20H;. The van der Waals surface area contributed by atoms with Crippen LogP contribution in [0.2, 0.25) is 0 Å². The zero-order chi connectivity index (χ0) is 41.9. The molecule has 8 rings (SSSR count). The van der Waals surface area contributed by atoms with E-state index in [0.29, 0.717) is 0 Å². The maximum absolute atomic E-state index is 4.83. The van der Waals surface area contributed by atoms with Crippen LogP contribution >= 0.6 is 110 Å². The maximum atomic E-state index is 4.83. The number of benzene rings is 8. The number of hydrogen-bond donors (Lipinski definition) is 0. The smallest absolute Gasteiger partial charge is 0.0664 e. The minimum Gasteiger partial charge on any atom is -0.0664 e. The molecule has 0 aliphatic heterocycles. The fourth-order valence-corrected chi connectivity index (χ4v) is 8.61. The first kappa shape index (κ1) is 45.4. The van der Waals surface area contributed by atoms with Crippen LogP contribution in [0.1, 0.15) is 44.5 Å². The predicted octanol–water partition coefficient (Wildman–Crippen LogP) is 17.7. The van der Waals surface area contributed by atoms with E-state index in [9.17, 15) is 0 Å². The second-order valence-corrected chi connectivity index (χ2v) is 20.5. The Balaban J connectivity index is 0.000000180. The highest BCUT2D eigenvalue weighted by Crippen LogP contribution is 2.47. The molecule has 0 amide bonds. The van der Waals surface area contributed by atoms with Crippen molar-refractivity contribution in [1.29, 1.82) is 0 Å². The Bertz CT molecular complexity index is 2120. The maximum Gasteiger partial charge on any atom is 0.266 e. The van der Waals surface area contributed by atoms with Gasteiger partial charge in [-0.3, -0.25) is 0 Å². The summed E-state index contributed by atoms with van der Waals surface area (Å²) in [5.74, 6) is 0. The van der Waals surface area contributed by atoms with Crippen LogP contribution in [0.4, 0.5) is 0 Å². The molecular weight excluding hydrogens is 1070 g/mol. The number of alkyl halides is 4. The van der Waals surface area contributed by atoms with E-state index in [0.717, 1.165) is 17.9 Å². The average molecular weight is 1110 g/mol. The molecule has 0 bridgehead atoms. The van der Waals surface area contributed by atoms with E-state index in [4.69, 9.17) is 46.4 Å². The molecule has 0 nitrogen and oxygen atoms in total. The summed E-state index contributed by atoms with van der Waals surface area (Å²) in [5, 5.41) is 0. The summed E-state index contributed by atoms with van der Waals surface area (Å²) in [6.45, 7) is 0. The van der Waals surface area contributed by atoms with Crippen molar-refractivity contribution >= 4 is 110 Å². The Morgan fingerprint density at radius 1 is 0.220 bits per heavy atom. The first-order valence-corrected chi connectivity index (χ1v) is 23.1. The molecule has 0 unspecified atom stereocenters. The third kappa shape index (κ3) is 11.2. The van der Waals surface area contributed by atoms with Crippen molar-refractivity contribution in [2.24, 2.45) is 0 Å². The lowest BCUT2D eigenvalue weighted by atomic mass is 9.65. The van der Waals surface area contributed by atoms with E-state index >= 15 is 0 Å². The van der Waals surface area contributed by atoms with Gasteiger partial charge in [0.05, 0.1) is 10.8 Å². The second kappa shape index (κ2) is 21.1. The van der Waals surface area contributed by atoms with Crippen LogP contribution in [-0.4, -0.2) is 3.25 Å². The van der Waals surface area contributed by atoms with Gasteiger partial charge in [0.2, 0.25) is 0 Å². The highest BCUT2D eigenvalue weighted by Gasteiger charge is 2.39. The largest absolute Gasteiger partial charge is 0.266 e. The lowest BCUT2D eigenvalue weighted by Crippen LogP contribution is -2.31. The molecule has 296 valence electrons. The molecule has 0 N–H and O–H groups in total. The Morgan fingerprint density at radius 3 is 0.508 bits per heavy atom. The van der Waals surface area contributed by atoms with Crippen molar-refractivity contribution in [1.82, 2.24) is 0 Å². The molecule has 59 heavy (non-hydrogen) atoms. The summed E-state index contributed by atoms with van der Waals surface area (Å²) < 4.78 is 2.66. The minimum atomic E-state index is -1.61. The first-order valence-electron chi connectivity index (χ1n) is 18.4. The highest BCUT2D eigenvalue weighted by atomic mass is 79.9. The lowest BCUT2D eigenvalue weighted by Gasteiger charge is -2.37. The SMILES string of the molecule is Brc1ccc(C(c2ccc(Br)cc2)(c2ccc(Br)cc2)c2ccc(Br)cc2)cc1.ClC(Cl)(Cl)Cl.c1ccc(C(c2ccccc2)(c2ccccc2)c2ccccc2)cc1. The topological polar surface area (TPSA) is 0 Å². The summed E-state index contributed by atoms with van der Waals surface area (Å²) in [7, 11) is 0. The van der Waals surface area contributed by atoms with Crippen LogP contribution in [0.5, 0.6) is 0 Å².